The van der Waals surface area contributed by atoms with Crippen LogP contribution in [0.2, 0.25) is 0 Å². The van der Waals surface area contributed by atoms with Gasteiger partial charge in [0.05, 0.1) is 6.04 Å². The molecule has 2 saturated heterocycles. The maximum atomic E-state index is 12.4. The number of benzene rings is 1. The third-order valence-electron chi connectivity index (χ3n) is 4.61. The highest BCUT2D eigenvalue weighted by molar-refractivity contribution is 5.82. The lowest BCUT2D eigenvalue weighted by Crippen LogP contribution is -2.46. The Morgan fingerprint density at radius 1 is 1.33 bits per heavy atom. The molecule has 2 aliphatic heterocycles. The average molecular weight is 289 g/mol. The second kappa shape index (κ2) is 6.03. The number of rotatable bonds is 2. The van der Waals surface area contributed by atoms with Gasteiger partial charge in [0.15, 0.2) is 0 Å². The lowest BCUT2D eigenvalue weighted by atomic mass is 9.89. The third-order valence-corrected chi connectivity index (χ3v) is 4.61. The molecule has 114 valence electrons. The Morgan fingerprint density at radius 2 is 2.10 bits per heavy atom. The standard InChI is InChI=1S/C16H23N3O2/c17-13-9-15(18-10-13)16(21)19-6-4-11(5-7-19)12-2-1-3-14(20)8-12/h1-3,8,11,13,15,18,20H,4-7,9-10,17H2/t13-,15+/m1/s1. The Hall–Kier alpha value is -1.59. The van der Waals surface area contributed by atoms with E-state index < -0.39 is 0 Å². The largest absolute Gasteiger partial charge is 0.508 e. The molecule has 2 aliphatic rings. The lowest BCUT2D eigenvalue weighted by Gasteiger charge is -2.33. The summed E-state index contributed by atoms with van der Waals surface area (Å²) >= 11 is 0. The minimum absolute atomic E-state index is 0.0997. The molecule has 0 spiro atoms. The van der Waals surface area contributed by atoms with Gasteiger partial charge in [-0.25, -0.2) is 0 Å². The van der Waals surface area contributed by atoms with E-state index in [1.807, 2.05) is 17.0 Å². The molecule has 1 aromatic rings. The normalized spacial score (nSPS) is 27.0. The predicted octanol–water partition coefficient (Wildman–Crippen LogP) is 0.787. The zero-order valence-corrected chi connectivity index (χ0v) is 12.2. The van der Waals surface area contributed by atoms with Crippen molar-refractivity contribution in [1.29, 1.82) is 0 Å². The van der Waals surface area contributed by atoms with E-state index >= 15 is 0 Å². The number of piperidine rings is 1. The highest BCUT2D eigenvalue weighted by Gasteiger charge is 2.32. The number of nitrogens with one attached hydrogen (secondary N) is 1. The fourth-order valence-corrected chi connectivity index (χ4v) is 3.38. The molecule has 4 N–H and O–H groups in total. The van der Waals surface area contributed by atoms with Crippen molar-refractivity contribution in [1.82, 2.24) is 10.2 Å². The SMILES string of the molecule is N[C@H]1CN[C@H](C(=O)N2CCC(c3cccc(O)c3)CC2)C1. The maximum absolute atomic E-state index is 12.4. The topological polar surface area (TPSA) is 78.6 Å². The molecule has 5 nitrogen and oxygen atoms in total. The number of carbonyl (C=O) groups is 1. The van der Waals surface area contributed by atoms with Crippen LogP contribution in [0.5, 0.6) is 5.75 Å². The van der Waals surface area contributed by atoms with Crippen LogP contribution in [0.25, 0.3) is 0 Å². The number of carbonyl (C=O) groups excluding carboxylic acids is 1. The molecule has 5 heteroatoms. The van der Waals surface area contributed by atoms with E-state index in [0.29, 0.717) is 11.7 Å². The molecule has 3 rings (SSSR count). The second-order valence-corrected chi connectivity index (χ2v) is 6.15. The Balaban J connectivity index is 1.56. The second-order valence-electron chi connectivity index (χ2n) is 6.15. The summed E-state index contributed by atoms with van der Waals surface area (Å²) in [6.07, 6.45) is 2.65. The summed E-state index contributed by atoms with van der Waals surface area (Å²) in [6, 6.07) is 7.46. The number of aromatic hydroxyl groups is 1. The van der Waals surface area contributed by atoms with Gasteiger partial charge in [-0.2, -0.15) is 0 Å². The van der Waals surface area contributed by atoms with Crippen LogP contribution in [-0.4, -0.2) is 47.6 Å². The monoisotopic (exact) mass is 289 g/mol. The first-order valence-electron chi connectivity index (χ1n) is 7.70. The van der Waals surface area contributed by atoms with Crippen molar-refractivity contribution in [2.45, 2.75) is 37.3 Å². The van der Waals surface area contributed by atoms with Gasteiger partial charge < -0.3 is 21.1 Å². The number of nitrogens with zero attached hydrogens (tertiary/aromatic N) is 1. The maximum Gasteiger partial charge on any atom is 0.239 e. The lowest BCUT2D eigenvalue weighted by molar-refractivity contribution is -0.134. The van der Waals surface area contributed by atoms with Crippen molar-refractivity contribution >= 4 is 5.91 Å². The smallest absolute Gasteiger partial charge is 0.239 e. The third kappa shape index (κ3) is 3.19. The number of amides is 1. The summed E-state index contributed by atoms with van der Waals surface area (Å²) in [5.74, 6) is 0.937. The van der Waals surface area contributed by atoms with Gasteiger partial charge in [-0.1, -0.05) is 12.1 Å². The zero-order chi connectivity index (χ0) is 14.8. The van der Waals surface area contributed by atoms with Crippen molar-refractivity contribution in [3.8, 4) is 5.75 Å². The number of phenolic OH excluding ortho intramolecular Hbond substituents is 1. The van der Waals surface area contributed by atoms with Crippen LogP contribution in [0.3, 0.4) is 0 Å². The van der Waals surface area contributed by atoms with Crippen molar-refractivity contribution in [3.05, 3.63) is 29.8 Å². The van der Waals surface area contributed by atoms with E-state index in [1.54, 1.807) is 6.07 Å². The van der Waals surface area contributed by atoms with E-state index in [2.05, 4.69) is 11.4 Å². The van der Waals surface area contributed by atoms with E-state index in [-0.39, 0.29) is 18.0 Å². The first-order valence-corrected chi connectivity index (χ1v) is 7.70. The molecule has 1 aromatic carbocycles. The van der Waals surface area contributed by atoms with Crippen LogP contribution in [-0.2, 0) is 4.79 Å². The van der Waals surface area contributed by atoms with Crippen molar-refractivity contribution in [2.24, 2.45) is 5.73 Å². The van der Waals surface area contributed by atoms with E-state index in [9.17, 15) is 9.90 Å². The minimum Gasteiger partial charge on any atom is -0.508 e. The number of hydrogen-bond donors (Lipinski definition) is 3. The van der Waals surface area contributed by atoms with Gasteiger partial charge in [-0.15, -0.1) is 0 Å². The number of phenols is 1. The molecule has 0 radical (unpaired) electrons. The molecule has 1 amide bonds. The quantitative estimate of drug-likeness (QED) is 0.752. The Morgan fingerprint density at radius 3 is 2.71 bits per heavy atom. The highest BCUT2D eigenvalue weighted by Crippen LogP contribution is 2.30. The molecule has 2 atom stereocenters. The van der Waals surface area contributed by atoms with Crippen LogP contribution >= 0.6 is 0 Å². The Kier molecular flexibility index (Phi) is 4.12. The fraction of sp³-hybridized carbons (Fsp3) is 0.562. The molecule has 0 bridgehead atoms. The fourth-order valence-electron chi connectivity index (χ4n) is 3.38. The summed E-state index contributed by atoms with van der Waals surface area (Å²) < 4.78 is 0. The Bertz CT molecular complexity index is 512. The van der Waals surface area contributed by atoms with E-state index in [1.165, 1.54) is 5.56 Å². The summed E-state index contributed by atoms with van der Waals surface area (Å²) in [7, 11) is 0. The molecule has 21 heavy (non-hydrogen) atoms. The van der Waals surface area contributed by atoms with Gasteiger partial charge >= 0.3 is 0 Å². The molecule has 0 unspecified atom stereocenters. The predicted molar refractivity (Wildman–Crippen MR) is 81.0 cm³/mol. The van der Waals surface area contributed by atoms with Crippen LogP contribution in [0.1, 0.15) is 30.7 Å². The molecular formula is C16H23N3O2. The summed E-state index contributed by atoms with van der Waals surface area (Å²) in [5, 5.41) is 12.8. The molecule has 0 aliphatic carbocycles. The highest BCUT2D eigenvalue weighted by atomic mass is 16.3. The van der Waals surface area contributed by atoms with E-state index in [0.717, 1.165) is 38.9 Å². The molecule has 2 fully saturated rings. The van der Waals surface area contributed by atoms with E-state index in [4.69, 9.17) is 5.73 Å². The summed E-state index contributed by atoms with van der Waals surface area (Å²) in [5.41, 5.74) is 7.02. The van der Waals surface area contributed by atoms with Gasteiger partial charge in [0.2, 0.25) is 5.91 Å². The Labute approximate surface area is 125 Å². The first-order chi connectivity index (χ1) is 10.1. The van der Waals surface area contributed by atoms with Crippen LogP contribution in [0, 0.1) is 0 Å². The van der Waals surface area contributed by atoms with Crippen LogP contribution < -0.4 is 11.1 Å². The van der Waals surface area contributed by atoms with Gasteiger partial charge in [-0.05, 0) is 42.9 Å². The number of hydrogen-bond acceptors (Lipinski definition) is 4. The summed E-state index contributed by atoms with van der Waals surface area (Å²) in [4.78, 5) is 14.4. The van der Waals surface area contributed by atoms with Crippen molar-refractivity contribution in [2.75, 3.05) is 19.6 Å². The van der Waals surface area contributed by atoms with Gasteiger partial charge in [0.1, 0.15) is 5.75 Å². The molecule has 2 heterocycles. The average Bonchev–Trinajstić information content (AvgIpc) is 2.93. The van der Waals surface area contributed by atoms with Gasteiger partial charge in [0.25, 0.3) is 0 Å². The zero-order valence-electron chi connectivity index (χ0n) is 12.2. The minimum atomic E-state index is -0.0997. The first kappa shape index (κ1) is 14.4. The van der Waals surface area contributed by atoms with Gasteiger partial charge in [0, 0.05) is 25.7 Å². The van der Waals surface area contributed by atoms with Gasteiger partial charge in [-0.3, -0.25) is 4.79 Å². The van der Waals surface area contributed by atoms with Crippen molar-refractivity contribution in [3.63, 3.8) is 0 Å². The molecular weight excluding hydrogens is 266 g/mol. The number of likely N-dealkylation sites (tertiary alicyclic amines) is 1. The van der Waals surface area contributed by atoms with Crippen LogP contribution in [0.15, 0.2) is 24.3 Å². The van der Waals surface area contributed by atoms with Crippen LogP contribution in [0.4, 0.5) is 0 Å². The molecule has 0 saturated carbocycles. The summed E-state index contributed by atoms with van der Waals surface area (Å²) in [6.45, 7) is 2.30. The number of nitrogens with two attached hydrogens (primary N) is 1. The van der Waals surface area contributed by atoms with Crippen molar-refractivity contribution < 1.29 is 9.90 Å². The molecule has 0 aromatic heterocycles.